The van der Waals surface area contributed by atoms with E-state index >= 15 is 0 Å². The van der Waals surface area contributed by atoms with Gasteiger partial charge in [0.25, 0.3) is 0 Å². The zero-order chi connectivity index (χ0) is 10.8. The Hall–Kier alpha value is -0.0500. The van der Waals surface area contributed by atoms with E-state index in [4.69, 9.17) is 11.6 Å². The summed E-state index contributed by atoms with van der Waals surface area (Å²) in [6.07, 6.45) is 2.52. The zero-order valence-corrected chi connectivity index (χ0v) is 10.9. The highest BCUT2D eigenvalue weighted by Crippen LogP contribution is 2.39. The van der Waals surface area contributed by atoms with Crippen LogP contribution >= 0.6 is 22.9 Å². The molecule has 0 atom stereocenters. The van der Waals surface area contributed by atoms with Crippen molar-refractivity contribution in [1.29, 1.82) is 0 Å². The molecule has 0 spiro atoms. The van der Waals surface area contributed by atoms with Gasteiger partial charge in [0.1, 0.15) is 0 Å². The van der Waals surface area contributed by atoms with Crippen LogP contribution in [0.1, 0.15) is 48.3 Å². The van der Waals surface area contributed by atoms with Gasteiger partial charge in [0.2, 0.25) is 0 Å². The molecule has 0 amide bonds. The molecule has 0 aliphatic carbocycles. The summed E-state index contributed by atoms with van der Waals surface area (Å²) in [6.45, 7) is 6.72. The molecule has 1 nitrogen and oxygen atoms in total. The first-order valence-electron chi connectivity index (χ1n) is 5.68. The second-order valence-corrected chi connectivity index (χ2v) is 6.06. The Morgan fingerprint density at radius 2 is 2.07 bits per heavy atom. The summed E-state index contributed by atoms with van der Waals surface area (Å²) in [5.41, 5.74) is 0. The largest absolute Gasteiger partial charge is 0.317 e. The van der Waals surface area contributed by atoms with Crippen LogP contribution in [0.25, 0.3) is 0 Å². The first kappa shape index (κ1) is 11.4. The normalized spacial score (nSPS) is 18.7. The minimum atomic E-state index is 0.554. The van der Waals surface area contributed by atoms with E-state index in [9.17, 15) is 0 Å². The summed E-state index contributed by atoms with van der Waals surface area (Å²) in [5, 5.41) is 4.38. The molecule has 84 valence electrons. The molecule has 1 saturated heterocycles. The highest BCUT2D eigenvalue weighted by atomic mass is 35.5. The molecule has 2 rings (SSSR count). The first-order chi connectivity index (χ1) is 7.18. The molecule has 0 aromatic carbocycles. The standard InChI is InChI=1S/C12H18ClNS/c1-8(2)12-10(13)7-11(15-12)9-3-5-14-6-4-9/h7-9,14H,3-6H2,1-2H3. The van der Waals surface area contributed by atoms with Crippen molar-refractivity contribution < 1.29 is 0 Å². The van der Waals surface area contributed by atoms with Crippen LogP contribution in [0.4, 0.5) is 0 Å². The molecule has 0 unspecified atom stereocenters. The Morgan fingerprint density at radius 1 is 1.40 bits per heavy atom. The maximum Gasteiger partial charge on any atom is 0.0550 e. The topological polar surface area (TPSA) is 12.0 Å². The van der Waals surface area contributed by atoms with E-state index in [0.717, 1.165) is 24.0 Å². The first-order valence-corrected chi connectivity index (χ1v) is 6.87. The minimum Gasteiger partial charge on any atom is -0.317 e. The van der Waals surface area contributed by atoms with Crippen molar-refractivity contribution in [3.05, 3.63) is 20.8 Å². The van der Waals surface area contributed by atoms with Crippen LogP contribution in [-0.4, -0.2) is 13.1 Å². The molecule has 0 saturated carbocycles. The van der Waals surface area contributed by atoms with Crippen LogP contribution in [0, 0.1) is 0 Å². The molecule has 3 heteroatoms. The van der Waals surface area contributed by atoms with E-state index in [-0.39, 0.29) is 0 Å². The highest BCUT2D eigenvalue weighted by Gasteiger charge is 2.19. The van der Waals surface area contributed by atoms with Crippen molar-refractivity contribution in [1.82, 2.24) is 5.32 Å². The average molecular weight is 244 g/mol. The van der Waals surface area contributed by atoms with E-state index in [1.165, 1.54) is 22.6 Å². The van der Waals surface area contributed by atoms with Gasteiger partial charge >= 0.3 is 0 Å². The second kappa shape index (κ2) is 4.86. The van der Waals surface area contributed by atoms with E-state index < -0.39 is 0 Å². The maximum atomic E-state index is 6.25. The predicted molar refractivity (Wildman–Crippen MR) is 68.3 cm³/mol. The summed E-state index contributed by atoms with van der Waals surface area (Å²) >= 11 is 8.17. The number of nitrogens with one attached hydrogen (secondary N) is 1. The second-order valence-electron chi connectivity index (χ2n) is 4.54. The van der Waals surface area contributed by atoms with Gasteiger partial charge in [0.15, 0.2) is 0 Å². The van der Waals surface area contributed by atoms with Gasteiger partial charge in [-0.05, 0) is 43.8 Å². The molecule has 1 aromatic heterocycles. The van der Waals surface area contributed by atoms with Crippen LogP contribution in [0.3, 0.4) is 0 Å². The van der Waals surface area contributed by atoms with Crippen molar-refractivity contribution >= 4 is 22.9 Å². The Bertz CT molecular complexity index is 326. The number of rotatable bonds is 2. The zero-order valence-electron chi connectivity index (χ0n) is 9.35. The molecule has 2 heterocycles. The van der Waals surface area contributed by atoms with Gasteiger partial charge < -0.3 is 5.32 Å². The lowest BCUT2D eigenvalue weighted by Crippen LogP contribution is -2.26. The Kier molecular flexibility index (Phi) is 3.70. The van der Waals surface area contributed by atoms with Crippen molar-refractivity contribution in [2.45, 2.75) is 38.5 Å². The SMILES string of the molecule is CC(C)c1sc(C2CCNCC2)cc1Cl. The van der Waals surface area contributed by atoms with Crippen LogP contribution in [0.15, 0.2) is 6.07 Å². The number of thiophene rings is 1. The Morgan fingerprint density at radius 3 is 2.60 bits per heavy atom. The summed E-state index contributed by atoms with van der Waals surface area (Å²) in [4.78, 5) is 2.84. The van der Waals surface area contributed by atoms with Crippen LogP contribution < -0.4 is 5.32 Å². The van der Waals surface area contributed by atoms with Crippen LogP contribution in [-0.2, 0) is 0 Å². The van der Waals surface area contributed by atoms with Crippen molar-refractivity contribution in [2.75, 3.05) is 13.1 Å². The van der Waals surface area contributed by atoms with Crippen molar-refractivity contribution in [3.8, 4) is 0 Å². The summed E-state index contributed by atoms with van der Waals surface area (Å²) < 4.78 is 0. The summed E-state index contributed by atoms with van der Waals surface area (Å²) in [6, 6.07) is 2.19. The lowest BCUT2D eigenvalue weighted by Gasteiger charge is -2.21. The van der Waals surface area contributed by atoms with E-state index in [1.54, 1.807) is 0 Å². The van der Waals surface area contributed by atoms with Gasteiger partial charge in [0.05, 0.1) is 5.02 Å². The van der Waals surface area contributed by atoms with Crippen LogP contribution in [0.5, 0.6) is 0 Å². The molecule has 1 aliphatic heterocycles. The Balaban J connectivity index is 2.17. The van der Waals surface area contributed by atoms with Gasteiger partial charge in [-0.3, -0.25) is 0 Å². The fraction of sp³-hybridized carbons (Fsp3) is 0.667. The monoisotopic (exact) mass is 243 g/mol. The molecule has 1 fully saturated rings. The lowest BCUT2D eigenvalue weighted by atomic mass is 9.96. The third kappa shape index (κ3) is 2.55. The quantitative estimate of drug-likeness (QED) is 0.828. The van der Waals surface area contributed by atoms with Crippen molar-refractivity contribution in [3.63, 3.8) is 0 Å². The fourth-order valence-corrected chi connectivity index (χ4v) is 3.84. The highest BCUT2D eigenvalue weighted by molar-refractivity contribution is 7.12. The molecular weight excluding hydrogens is 226 g/mol. The molecule has 1 N–H and O–H groups in total. The summed E-state index contributed by atoms with van der Waals surface area (Å²) in [5.74, 6) is 1.29. The maximum absolute atomic E-state index is 6.25. The molecule has 1 aromatic rings. The third-order valence-electron chi connectivity index (χ3n) is 3.00. The Labute approximate surface area is 101 Å². The lowest BCUT2D eigenvalue weighted by molar-refractivity contribution is 0.465. The van der Waals surface area contributed by atoms with Gasteiger partial charge in [-0.15, -0.1) is 11.3 Å². The van der Waals surface area contributed by atoms with Gasteiger partial charge in [0, 0.05) is 9.75 Å². The van der Waals surface area contributed by atoms with E-state index in [0.29, 0.717) is 5.92 Å². The van der Waals surface area contributed by atoms with Gasteiger partial charge in [-0.25, -0.2) is 0 Å². The predicted octanol–water partition coefficient (Wildman–Crippen LogP) is 3.99. The number of hydrogen-bond donors (Lipinski definition) is 1. The third-order valence-corrected chi connectivity index (χ3v) is 5.02. The average Bonchev–Trinajstić information content (AvgIpc) is 2.62. The molecule has 0 bridgehead atoms. The molecular formula is C12H18ClNS. The van der Waals surface area contributed by atoms with Gasteiger partial charge in [-0.1, -0.05) is 25.4 Å². The number of piperidine rings is 1. The van der Waals surface area contributed by atoms with Crippen LogP contribution in [0.2, 0.25) is 5.02 Å². The van der Waals surface area contributed by atoms with E-state index in [2.05, 4.69) is 25.2 Å². The molecule has 1 aliphatic rings. The summed E-state index contributed by atoms with van der Waals surface area (Å²) in [7, 11) is 0. The number of halogens is 1. The van der Waals surface area contributed by atoms with Crippen molar-refractivity contribution in [2.24, 2.45) is 0 Å². The molecule has 15 heavy (non-hydrogen) atoms. The molecule has 0 radical (unpaired) electrons. The number of hydrogen-bond acceptors (Lipinski definition) is 2. The minimum absolute atomic E-state index is 0.554. The van der Waals surface area contributed by atoms with E-state index in [1.807, 2.05) is 11.3 Å². The van der Waals surface area contributed by atoms with Gasteiger partial charge in [-0.2, -0.15) is 0 Å². The fourth-order valence-electron chi connectivity index (χ4n) is 2.10. The smallest absolute Gasteiger partial charge is 0.0550 e.